The molecule has 4 heteroatoms. The average molecular weight is 435 g/mol. The zero-order chi connectivity index (χ0) is 16.4. The van der Waals surface area contributed by atoms with Crippen molar-refractivity contribution in [3.8, 4) is 5.69 Å². The largest absolute Gasteiger partial charge is 0.318 e. The van der Waals surface area contributed by atoms with Gasteiger partial charge < -0.3 is 4.57 Å². The summed E-state index contributed by atoms with van der Waals surface area (Å²) in [7, 11) is 0. The van der Waals surface area contributed by atoms with Gasteiger partial charge in [0.05, 0.1) is 5.69 Å². The molecule has 0 bridgehead atoms. The molecule has 2 nitrogen and oxygen atoms in total. The second-order valence-electron chi connectivity index (χ2n) is 5.35. The van der Waals surface area contributed by atoms with Crippen LogP contribution in [0.4, 0.5) is 5.69 Å². The lowest BCUT2D eigenvalue weighted by Crippen LogP contribution is -1.99. The molecule has 0 saturated carbocycles. The first-order valence-corrected chi connectivity index (χ1v) is 8.75. The molecule has 0 unspecified atom stereocenters. The summed E-state index contributed by atoms with van der Waals surface area (Å²) in [6.45, 7) is 4.20. The number of aliphatic imine (C=N–C) groups is 1. The second kappa shape index (κ2) is 6.89. The monoisotopic (exact) mass is 434 g/mol. The number of rotatable bonds is 3. The van der Waals surface area contributed by atoms with Gasteiger partial charge in [0, 0.05) is 37.4 Å². The number of halogens is 2. The predicted molar refractivity (Wildman–Crippen MR) is 107 cm³/mol. The van der Waals surface area contributed by atoms with Gasteiger partial charge in [0.2, 0.25) is 0 Å². The third-order valence-corrected chi connectivity index (χ3v) is 4.88. The molecule has 0 saturated heterocycles. The van der Waals surface area contributed by atoms with Crippen LogP contribution in [0.25, 0.3) is 5.69 Å². The summed E-state index contributed by atoms with van der Waals surface area (Å²) < 4.78 is 3.34. The van der Waals surface area contributed by atoms with Crippen molar-refractivity contribution in [3.63, 3.8) is 0 Å². The maximum atomic E-state index is 6.12. The number of aryl methyl sites for hydroxylation is 1. The van der Waals surface area contributed by atoms with Crippen molar-refractivity contribution in [2.24, 2.45) is 4.99 Å². The summed E-state index contributed by atoms with van der Waals surface area (Å²) in [4.78, 5) is 4.63. The normalized spacial score (nSPS) is 11.3. The molecule has 0 aliphatic heterocycles. The summed E-state index contributed by atoms with van der Waals surface area (Å²) in [5.74, 6) is 0. The standard InChI is InChI=1S/C19H16ClIN2/c1-13-10-15(12-22-19-9-4-3-8-18(19)21)14(2)23(13)17-7-5-6-16(20)11-17/h3-12H,1-2H3. The summed E-state index contributed by atoms with van der Waals surface area (Å²) >= 11 is 8.43. The van der Waals surface area contributed by atoms with Crippen LogP contribution in [-0.4, -0.2) is 10.8 Å². The molecule has 0 aliphatic rings. The maximum Gasteiger partial charge on any atom is 0.0763 e. The third-order valence-electron chi connectivity index (χ3n) is 3.73. The molecule has 0 fully saturated rings. The van der Waals surface area contributed by atoms with Gasteiger partial charge in [-0.3, -0.25) is 4.99 Å². The fourth-order valence-corrected chi connectivity index (χ4v) is 3.34. The maximum absolute atomic E-state index is 6.12. The fraction of sp³-hybridized carbons (Fsp3) is 0.105. The van der Waals surface area contributed by atoms with E-state index in [-0.39, 0.29) is 0 Å². The number of aromatic nitrogens is 1. The van der Waals surface area contributed by atoms with Crippen molar-refractivity contribution in [2.45, 2.75) is 13.8 Å². The molecule has 3 aromatic rings. The van der Waals surface area contributed by atoms with Crippen LogP contribution in [0.5, 0.6) is 0 Å². The SMILES string of the molecule is Cc1cc(C=Nc2ccccc2I)c(C)n1-c1cccc(Cl)c1. The first-order valence-electron chi connectivity index (χ1n) is 7.30. The van der Waals surface area contributed by atoms with Gasteiger partial charge in [-0.05, 0) is 72.8 Å². The highest BCUT2D eigenvalue weighted by Crippen LogP contribution is 2.24. The molecule has 116 valence electrons. The minimum atomic E-state index is 0.740. The van der Waals surface area contributed by atoms with Gasteiger partial charge in [-0.15, -0.1) is 0 Å². The quantitative estimate of drug-likeness (QED) is 0.350. The van der Waals surface area contributed by atoms with Gasteiger partial charge in [0.1, 0.15) is 0 Å². The van der Waals surface area contributed by atoms with E-state index in [0.717, 1.165) is 36.9 Å². The van der Waals surface area contributed by atoms with Crippen LogP contribution in [0, 0.1) is 17.4 Å². The summed E-state index contributed by atoms with van der Waals surface area (Å²) in [5.41, 5.74) is 5.48. The molecule has 0 radical (unpaired) electrons. The van der Waals surface area contributed by atoms with Crippen LogP contribution in [-0.2, 0) is 0 Å². The van der Waals surface area contributed by atoms with Crippen LogP contribution in [0.2, 0.25) is 5.02 Å². The Morgan fingerprint density at radius 1 is 1.04 bits per heavy atom. The smallest absolute Gasteiger partial charge is 0.0763 e. The molecule has 0 atom stereocenters. The van der Waals surface area contributed by atoms with Gasteiger partial charge in [0.15, 0.2) is 0 Å². The van der Waals surface area contributed by atoms with Gasteiger partial charge in [-0.25, -0.2) is 0 Å². The van der Waals surface area contributed by atoms with Crippen molar-refractivity contribution in [1.29, 1.82) is 0 Å². The number of benzene rings is 2. The molecule has 3 rings (SSSR count). The van der Waals surface area contributed by atoms with Gasteiger partial charge >= 0.3 is 0 Å². The molecule has 0 aliphatic carbocycles. The molecule has 1 aromatic heterocycles. The van der Waals surface area contributed by atoms with Crippen molar-refractivity contribution in [2.75, 3.05) is 0 Å². The van der Waals surface area contributed by atoms with E-state index in [1.165, 1.54) is 0 Å². The van der Waals surface area contributed by atoms with Crippen LogP contribution in [0.15, 0.2) is 59.6 Å². The van der Waals surface area contributed by atoms with E-state index in [4.69, 9.17) is 11.6 Å². The lowest BCUT2D eigenvalue weighted by molar-refractivity contribution is 0.965. The Bertz CT molecular complexity index is 881. The summed E-state index contributed by atoms with van der Waals surface area (Å²) in [6, 6.07) is 18.1. The van der Waals surface area contributed by atoms with Gasteiger partial charge in [-0.1, -0.05) is 29.8 Å². The number of para-hydroxylation sites is 1. The van der Waals surface area contributed by atoms with E-state index in [1.807, 2.05) is 42.6 Å². The average Bonchev–Trinajstić information content (AvgIpc) is 2.81. The Morgan fingerprint density at radius 3 is 2.57 bits per heavy atom. The first kappa shape index (κ1) is 16.3. The van der Waals surface area contributed by atoms with Crippen molar-refractivity contribution in [1.82, 2.24) is 4.57 Å². The van der Waals surface area contributed by atoms with E-state index >= 15 is 0 Å². The lowest BCUT2D eigenvalue weighted by atomic mass is 10.2. The molecule has 0 spiro atoms. The van der Waals surface area contributed by atoms with Crippen LogP contribution >= 0.6 is 34.2 Å². The first-order chi connectivity index (χ1) is 11.1. The minimum absolute atomic E-state index is 0.740. The number of nitrogens with zero attached hydrogens (tertiary/aromatic N) is 2. The molecule has 2 aromatic carbocycles. The number of hydrogen-bond donors (Lipinski definition) is 0. The molecular formula is C19H16ClIN2. The minimum Gasteiger partial charge on any atom is -0.318 e. The highest BCUT2D eigenvalue weighted by atomic mass is 127. The van der Waals surface area contributed by atoms with Crippen LogP contribution < -0.4 is 0 Å². The Hall–Kier alpha value is -1.59. The van der Waals surface area contributed by atoms with Crippen molar-refractivity contribution >= 4 is 46.1 Å². The highest BCUT2D eigenvalue weighted by Gasteiger charge is 2.09. The Morgan fingerprint density at radius 2 is 1.83 bits per heavy atom. The zero-order valence-corrected chi connectivity index (χ0v) is 15.8. The molecular weight excluding hydrogens is 419 g/mol. The molecule has 0 amide bonds. The fourth-order valence-electron chi connectivity index (χ4n) is 2.63. The second-order valence-corrected chi connectivity index (χ2v) is 6.95. The van der Waals surface area contributed by atoms with E-state index in [0.29, 0.717) is 0 Å². The Kier molecular flexibility index (Phi) is 4.87. The lowest BCUT2D eigenvalue weighted by Gasteiger charge is -2.09. The zero-order valence-electron chi connectivity index (χ0n) is 12.9. The topological polar surface area (TPSA) is 17.3 Å². The summed E-state index contributed by atoms with van der Waals surface area (Å²) in [5, 5.41) is 0.740. The molecule has 1 heterocycles. The summed E-state index contributed by atoms with van der Waals surface area (Å²) in [6.07, 6.45) is 1.93. The van der Waals surface area contributed by atoms with Crippen LogP contribution in [0.1, 0.15) is 17.0 Å². The van der Waals surface area contributed by atoms with Gasteiger partial charge in [0.25, 0.3) is 0 Å². The number of hydrogen-bond acceptors (Lipinski definition) is 1. The Labute approximate surface area is 155 Å². The van der Waals surface area contributed by atoms with Crippen molar-refractivity contribution in [3.05, 3.63) is 80.1 Å². The van der Waals surface area contributed by atoms with E-state index < -0.39 is 0 Å². The van der Waals surface area contributed by atoms with Crippen LogP contribution in [0.3, 0.4) is 0 Å². The Balaban J connectivity index is 2.00. The van der Waals surface area contributed by atoms with E-state index in [1.54, 1.807) is 0 Å². The third kappa shape index (κ3) is 3.51. The predicted octanol–water partition coefficient (Wildman–Crippen LogP) is 6.10. The van der Waals surface area contributed by atoms with E-state index in [2.05, 4.69) is 64.2 Å². The van der Waals surface area contributed by atoms with Crippen molar-refractivity contribution < 1.29 is 0 Å². The van der Waals surface area contributed by atoms with E-state index in [9.17, 15) is 0 Å². The van der Waals surface area contributed by atoms with Gasteiger partial charge in [-0.2, -0.15) is 0 Å². The molecule has 0 N–H and O–H groups in total. The molecule has 23 heavy (non-hydrogen) atoms. The highest BCUT2D eigenvalue weighted by molar-refractivity contribution is 14.1.